The highest BCUT2D eigenvalue weighted by Gasteiger charge is 2.33. The van der Waals surface area contributed by atoms with E-state index in [1.807, 2.05) is 60.8 Å². The molecule has 1 aromatic heterocycles. The zero-order valence-corrected chi connectivity index (χ0v) is 22.1. The molecule has 1 aliphatic carbocycles. The van der Waals surface area contributed by atoms with E-state index in [9.17, 15) is 4.79 Å². The molecular formula is C31H32N2O2S. The maximum Gasteiger partial charge on any atom is 0.259 e. The maximum absolute atomic E-state index is 13.8. The van der Waals surface area contributed by atoms with E-state index < -0.39 is 0 Å². The van der Waals surface area contributed by atoms with Crippen LogP contribution in [-0.4, -0.2) is 19.2 Å². The normalized spacial score (nSPS) is 15.7. The average molecular weight is 497 g/mol. The van der Waals surface area contributed by atoms with Crippen LogP contribution in [-0.2, 0) is 12.8 Å². The van der Waals surface area contributed by atoms with Gasteiger partial charge in [-0.3, -0.25) is 4.79 Å². The summed E-state index contributed by atoms with van der Waals surface area (Å²) in [5.74, 6) is 1.29. The molecule has 0 fully saturated rings. The van der Waals surface area contributed by atoms with Gasteiger partial charge in [0.2, 0.25) is 0 Å². The second kappa shape index (κ2) is 9.90. The minimum atomic E-state index is -0.0872. The Morgan fingerprint density at radius 2 is 1.86 bits per heavy atom. The van der Waals surface area contributed by atoms with Crippen molar-refractivity contribution in [1.82, 2.24) is 0 Å². The van der Waals surface area contributed by atoms with E-state index in [1.54, 1.807) is 18.4 Å². The molecule has 4 nitrogen and oxygen atoms in total. The molecule has 0 spiro atoms. The third-order valence-electron chi connectivity index (χ3n) is 7.16. The van der Waals surface area contributed by atoms with Crippen LogP contribution >= 0.6 is 11.3 Å². The Kier molecular flexibility index (Phi) is 6.67. The van der Waals surface area contributed by atoms with Crippen LogP contribution < -0.4 is 10.1 Å². The van der Waals surface area contributed by atoms with Gasteiger partial charge in [0.05, 0.1) is 12.7 Å². The van der Waals surface area contributed by atoms with Gasteiger partial charge >= 0.3 is 0 Å². The predicted molar refractivity (Wildman–Crippen MR) is 151 cm³/mol. The Hall–Kier alpha value is -3.44. The summed E-state index contributed by atoms with van der Waals surface area (Å²) < 4.78 is 5.36. The van der Waals surface area contributed by atoms with Crippen molar-refractivity contribution in [2.75, 3.05) is 12.4 Å². The van der Waals surface area contributed by atoms with Gasteiger partial charge in [-0.25, -0.2) is 4.99 Å². The van der Waals surface area contributed by atoms with Gasteiger partial charge in [-0.2, -0.15) is 0 Å². The molecule has 36 heavy (non-hydrogen) atoms. The Morgan fingerprint density at radius 3 is 2.67 bits per heavy atom. The number of amides is 1. The van der Waals surface area contributed by atoms with Gasteiger partial charge in [0.15, 0.2) is 0 Å². The van der Waals surface area contributed by atoms with Crippen LogP contribution in [0.25, 0.3) is 10.8 Å². The molecule has 5 heteroatoms. The van der Waals surface area contributed by atoms with E-state index in [0.29, 0.717) is 5.92 Å². The van der Waals surface area contributed by atoms with Gasteiger partial charge in [-0.1, -0.05) is 69.3 Å². The third kappa shape index (κ3) is 4.93. The molecule has 0 aliphatic heterocycles. The van der Waals surface area contributed by atoms with Crippen molar-refractivity contribution in [3.8, 4) is 5.75 Å². The molecule has 1 amide bonds. The van der Waals surface area contributed by atoms with Crippen molar-refractivity contribution in [1.29, 1.82) is 0 Å². The summed E-state index contributed by atoms with van der Waals surface area (Å²) in [4.78, 5) is 19.9. The molecule has 184 valence electrons. The molecule has 1 N–H and O–H groups in total. The summed E-state index contributed by atoms with van der Waals surface area (Å²) in [6.07, 6.45) is 4.81. The molecule has 1 unspecified atom stereocenters. The highest BCUT2D eigenvalue weighted by molar-refractivity contribution is 7.16. The summed E-state index contributed by atoms with van der Waals surface area (Å²) in [5.41, 5.74) is 3.88. The van der Waals surface area contributed by atoms with Crippen molar-refractivity contribution in [3.63, 3.8) is 0 Å². The van der Waals surface area contributed by atoms with E-state index in [4.69, 9.17) is 9.73 Å². The van der Waals surface area contributed by atoms with Crippen molar-refractivity contribution >= 4 is 44.9 Å². The molecule has 1 atom stereocenters. The monoisotopic (exact) mass is 496 g/mol. The lowest BCUT2D eigenvalue weighted by Crippen LogP contribution is -2.27. The van der Waals surface area contributed by atoms with E-state index in [2.05, 4.69) is 38.2 Å². The van der Waals surface area contributed by atoms with Gasteiger partial charge in [-0.05, 0) is 65.3 Å². The number of hydrogen-bond acceptors (Lipinski definition) is 4. The quantitative estimate of drug-likeness (QED) is 0.284. The van der Waals surface area contributed by atoms with Crippen molar-refractivity contribution in [2.45, 2.75) is 40.0 Å². The molecule has 4 aromatic rings. The zero-order chi connectivity index (χ0) is 25.3. The molecule has 5 rings (SSSR count). The second-order valence-electron chi connectivity index (χ2n) is 10.5. The van der Waals surface area contributed by atoms with Crippen LogP contribution in [0.2, 0.25) is 0 Å². The fourth-order valence-electron chi connectivity index (χ4n) is 5.01. The molecule has 1 aliphatic rings. The summed E-state index contributed by atoms with van der Waals surface area (Å²) in [7, 11) is 1.66. The first-order chi connectivity index (χ1) is 17.3. The average Bonchev–Trinajstić information content (AvgIpc) is 3.25. The van der Waals surface area contributed by atoms with Gasteiger partial charge in [0, 0.05) is 22.2 Å². The number of nitrogens with zero attached hydrogens (tertiary/aromatic N) is 1. The first-order valence-corrected chi connectivity index (χ1v) is 13.3. The third-order valence-corrected chi connectivity index (χ3v) is 8.32. The molecule has 1 heterocycles. The Bertz CT molecular complexity index is 1440. The maximum atomic E-state index is 13.8. The lowest BCUT2D eigenvalue weighted by atomic mass is 9.72. The number of rotatable bonds is 5. The highest BCUT2D eigenvalue weighted by Crippen LogP contribution is 2.45. The van der Waals surface area contributed by atoms with Crippen LogP contribution in [0.4, 0.5) is 10.7 Å². The number of fused-ring (bicyclic) bond motifs is 2. The SMILES string of the molecule is COc1cccc(/C=N/c2sc3c(c2C(=O)Nc2cccc4ccccc24)CCC(C(C)(C)C)C3)c1. The van der Waals surface area contributed by atoms with Crippen molar-refractivity contribution in [2.24, 2.45) is 16.3 Å². The minimum Gasteiger partial charge on any atom is -0.497 e. The summed E-state index contributed by atoms with van der Waals surface area (Å²) >= 11 is 1.66. The standard InChI is InChI=1S/C31H32N2O2S/c1-31(2,3)22-15-16-25-27(18-22)36-30(32-19-20-9-7-12-23(17-20)35-4)28(25)29(34)33-26-14-8-11-21-10-5-6-13-24(21)26/h5-14,17,19,22H,15-16,18H2,1-4H3,(H,33,34)/b32-19+. The molecule has 0 radical (unpaired) electrons. The van der Waals surface area contributed by atoms with Gasteiger partial charge in [-0.15, -0.1) is 11.3 Å². The van der Waals surface area contributed by atoms with Gasteiger partial charge in [0.1, 0.15) is 10.8 Å². The topological polar surface area (TPSA) is 50.7 Å². The molecule has 0 bridgehead atoms. The van der Waals surface area contributed by atoms with Gasteiger partial charge < -0.3 is 10.1 Å². The highest BCUT2D eigenvalue weighted by atomic mass is 32.1. The summed E-state index contributed by atoms with van der Waals surface area (Å²) in [6, 6.07) is 21.9. The number of anilines is 1. The smallest absolute Gasteiger partial charge is 0.259 e. The van der Waals surface area contributed by atoms with Crippen LogP contribution in [0.3, 0.4) is 0 Å². The number of methoxy groups -OCH3 is 1. The fourth-order valence-corrected chi connectivity index (χ4v) is 6.28. The summed E-state index contributed by atoms with van der Waals surface area (Å²) in [6.45, 7) is 6.94. The van der Waals surface area contributed by atoms with Gasteiger partial charge in [0.25, 0.3) is 5.91 Å². The lowest BCUT2D eigenvalue weighted by Gasteiger charge is -2.33. The Labute approximate surface area is 217 Å². The van der Waals surface area contributed by atoms with Crippen LogP contribution in [0.1, 0.15) is 53.6 Å². The van der Waals surface area contributed by atoms with Crippen LogP contribution in [0.15, 0.2) is 71.7 Å². The number of carbonyl (C=O) groups excluding carboxylic acids is 1. The second-order valence-corrected chi connectivity index (χ2v) is 11.6. The van der Waals surface area contributed by atoms with E-state index in [-0.39, 0.29) is 11.3 Å². The van der Waals surface area contributed by atoms with Crippen LogP contribution in [0.5, 0.6) is 5.75 Å². The predicted octanol–water partition coefficient (Wildman–Crippen LogP) is 8.06. The molecule has 0 saturated heterocycles. The molecule has 0 saturated carbocycles. The number of nitrogens with one attached hydrogen (secondary N) is 1. The summed E-state index contributed by atoms with van der Waals surface area (Å²) in [5, 5.41) is 6.12. The van der Waals surface area contributed by atoms with Crippen LogP contribution in [0, 0.1) is 11.3 Å². The molecular weight excluding hydrogens is 464 g/mol. The minimum absolute atomic E-state index is 0.0872. The van der Waals surface area contributed by atoms with E-state index in [1.165, 1.54) is 4.88 Å². The van der Waals surface area contributed by atoms with Crippen molar-refractivity contribution in [3.05, 3.63) is 88.3 Å². The number of benzene rings is 3. The van der Waals surface area contributed by atoms with Crippen molar-refractivity contribution < 1.29 is 9.53 Å². The first kappa shape index (κ1) is 24.3. The zero-order valence-electron chi connectivity index (χ0n) is 21.3. The Morgan fingerprint density at radius 1 is 1.08 bits per heavy atom. The first-order valence-electron chi connectivity index (χ1n) is 12.5. The van der Waals surface area contributed by atoms with E-state index in [0.717, 1.165) is 63.2 Å². The number of carbonyl (C=O) groups is 1. The Balaban J connectivity index is 1.53. The molecule has 3 aromatic carbocycles. The lowest BCUT2D eigenvalue weighted by molar-refractivity contribution is 0.102. The largest absolute Gasteiger partial charge is 0.497 e. The number of hydrogen-bond donors (Lipinski definition) is 1. The fraction of sp³-hybridized carbons (Fsp3) is 0.290. The number of thiophene rings is 1. The van der Waals surface area contributed by atoms with E-state index >= 15 is 0 Å². The number of ether oxygens (including phenoxy) is 1. The number of aliphatic imine (C=N–C) groups is 1.